The van der Waals surface area contributed by atoms with E-state index in [4.69, 9.17) is 0 Å². The zero-order chi connectivity index (χ0) is 22.6. The highest BCUT2D eigenvalue weighted by atomic mass is 16.4. The average Bonchev–Trinajstić information content (AvgIpc) is 3.23. The van der Waals surface area contributed by atoms with Gasteiger partial charge in [-0.3, -0.25) is 4.79 Å². The number of nitrogens with zero attached hydrogens (tertiary/aromatic N) is 1. The number of carbonyl (C=O) groups is 1. The molecule has 1 unspecified atom stereocenters. The maximum Gasteiger partial charge on any atom is 0.303 e. The minimum Gasteiger partial charge on any atom is -0.481 e. The van der Waals surface area contributed by atoms with Crippen LogP contribution in [0.1, 0.15) is 70.4 Å². The second-order valence-electron chi connectivity index (χ2n) is 9.16. The summed E-state index contributed by atoms with van der Waals surface area (Å²) in [6, 6.07) is 14.7. The lowest BCUT2D eigenvalue weighted by Crippen LogP contribution is -2.46. The predicted molar refractivity (Wildman–Crippen MR) is 127 cm³/mol. The van der Waals surface area contributed by atoms with Gasteiger partial charge >= 0.3 is 5.97 Å². The van der Waals surface area contributed by atoms with Gasteiger partial charge in [0.05, 0.1) is 29.4 Å². The zero-order valence-electron chi connectivity index (χ0n) is 19.2. The normalized spacial score (nSPS) is 17.6. The summed E-state index contributed by atoms with van der Waals surface area (Å²) in [6.07, 6.45) is 3.88. The molecule has 5 nitrogen and oxygen atoms in total. The number of anilines is 3. The van der Waals surface area contributed by atoms with Crippen molar-refractivity contribution in [3.05, 3.63) is 53.6 Å². The molecule has 0 aliphatic carbocycles. The van der Waals surface area contributed by atoms with Crippen molar-refractivity contribution in [3.8, 4) is 0 Å². The summed E-state index contributed by atoms with van der Waals surface area (Å²) >= 11 is 0. The first-order chi connectivity index (χ1) is 14.7. The van der Waals surface area contributed by atoms with E-state index in [9.17, 15) is 15.0 Å². The van der Waals surface area contributed by atoms with Crippen molar-refractivity contribution in [2.75, 3.05) is 16.8 Å². The molecular weight excluding hydrogens is 388 g/mol. The van der Waals surface area contributed by atoms with E-state index in [2.05, 4.69) is 59.6 Å². The van der Waals surface area contributed by atoms with Crippen LogP contribution in [0.2, 0.25) is 0 Å². The highest BCUT2D eigenvalue weighted by Crippen LogP contribution is 2.39. The number of aliphatic carboxylic acids is 1. The molecule has 0 saturated carbocycles. The first-order valence-electron chi connectivity index (χ1n) is 11.4. The number of hydrogen-bond acceptors (Lipinski definition) is 4. The molecule has 0 spiro atoms. The van der Waals surface area contributed by atoms with E-state index in [0.717, 1.165) is 54.9 Å². The molecule has 0 aromatic heterocycles. The third-order valence-corrected chi connectivity index (χ3v) is 6.42. The number of aryl methyl sites for hydroxylation is 1. The summed E-state index contributed by atoms with van der Waals surface area (Å²) in [5.41, 5.74) is 4.53. The van der Waals surface area contributed by atoms with Crippen molar-refractivity contribution in [1.29, 1.82) is 0 Å². The third kappa shape index (κ3) is 5.59. The number of aliphatic hydroxyl groups is 1. The van der Waals surface area contributed by atoms with Gasteiger partial charge in [0.1, 0.15) is 0 Å². The number of nitrogens with one attached hydrogen (secondary N) is 1. The fraction of sp³-hybridized carbons (Fsp3) is 0.500. The van der Waals surface area contributed by atoms with Crippen LogP contribution in [-0.2, 0) is 11.2 Å². The van der Waals surface area contributed by atoms with Crippen molar-refractivity contribution >= 4 is 23.0 Å². The molecule has 2 aromatic rings. The minimum atomic E-state index is -0.801. The van der Waals surface area contributed by atoms with E-state index < -0.39 is 11.6 Å². The van der Waals surface area contributed by atoms with Crippen LogP contribution in [0.3, 0.4) is 0 Å². The van der Waals surface area contributed by atoms with Gasteiger partial charge in [-0.15, -0.1) is 0 Å². The maximum absolute atomic E-state index is 11.4. The van der Waals surface area contributed by atoms with Crippen molar-refractivity contribution in [2.24, 2.45) is 0 Å². The third-order valence-electron chi connectivity index (χ3n) is 6.42. The van der Waals surface area contributed by atoms with Crippen molar-refractivity contribution in [2.45, 2.75) is 77.4 Å². The van der Waals surface area contributed by atoms with Gasteiger partial charge in [0.15, 0.2) is 0 Å². The monoisotopic (exact) mass is 424 g/mol. The van der Waals surface area contributed by atoms with Crippen molar-refractivity contribution in [3.63, 3.8) is 0 Å². The number of carboxylic acid groups (broad SMARTS) is 1. The topological polar surface area (TPSA) is 72.8 Å². The van der Waals surface area contributed by atoms with Crippen LogP contribution in [0.15, 0.2) is 42.5 Å². The smallest absolute Gasteiger partial charge is 0.303 e. The van der Waals surface area contributed by atoms with E-state index in [1.54, 1.807) is 0 Å². The molecule has 1 aliphatic rings. The van der Waals surface area contributed by atoms with Crippen molar-refractivity contribution < 1.29 is 15.0 Å². The Balaban J connectivity index is 2.01. The Labute approximate surface area is 186 Å². The van der Waals surface area contributed by atoms with Gasteiger partial charge in [0.25, 0.3) is 0 Å². The zero-order valence-corrected chi connectivity index (χ0v) is 19.2. The fourth-order valence-electron chi connectivity index (χ4n) is 4.64. The molecule has 1 heterocycles. The SMILES string of the molecule is CCc1ccc(Nc2cc(C(CC)CC(=O)O)ccc2N2CCC[C@H]2C(C)(C)O)cc1. The molecular formula is C26H36N2O3. The molecule has 2 aromatic carbocycles. The van der Waals surface area contributed by atoms with Gasteiger partial charge in [0, 0.05) is 12.2 Å². The van der Waals surface area contributed by atoms with Gasteiger partial charge in [-0.1, -0.05) is 32.0 Å². The second-order valence-corrected chi connectivity index (χ2v) is 9.16. The second kappa shape index (κ2) is 9.73. The highest BCUT2D eigenvalue weighted by Gasteiger charge is 2.37. The van der Waals surface area contributed by atoms with E-state index >= 15 is 0 Å². The predicted octanol–water partition coefficient (Wildman–Crippen LogP) is 5.70. The molecule has 1 fully saturated rings. The van der Waals surface area contributed by atoms with Gasteiger partial charge in [-0.05, 0) is 80.8 Å². The van der Waals surface area contributed by atoms with Crippen LogP contribution in [0.25, 0.3) is 0 Å². The number of hydrogen-bond donors (Lipinski definition) is 3. The van der Waals surface area contributed by atoms with Gasteiger partial charge in [0.2, 0.25) is 0 Å². The van der Waals surface area contributed by atoms with Crippen LogP contribution in [-0.4, -0.2) is 34.4 Å². The van der Waals surface area contributed by atoms with Crippen LogP contribution in [0.4, 0.5) is 17.1 Å². The fourth-order valence-corrected chi connectivity index (χ4v) is 4.64. The molecule has 0 radical (unpaired) electrons. The van der Waals surface area contributed by atoms with Gasteiger partial charge in [-0.2, -0.15) is 0 Å². The van der Waals surface area contributed by atoms with Crippen LogP contribution in [0, 0.1) is 0 Å². The molecule has 5 heteroatoms. The molecule has 3 rings (SSSR count). The van der Waals surface area contributed by atoms with E-state index in [1.807, 2.05) is 20.8 Å². The standard InChI is InChI=1S/C26H36N2O3/c1-5-18-9-12-21(13-10-18)27-22-16-20(19(6-2)17-25(29)30)11-14-23(22)28-15-7-8-24(28)26(3,4)31/h9-14,16,19,24,27,31H,5-8,15,17H2,1-4H3,(H,29,30)/t19?,24-/m0/s1. The van der Waals surface area contributed by atoms with E-state index in [0.29, 0.717) is 0 Å². The summed E-state index contributed by atoms with van der Waals surface area (Å²) in [7, 11) is 0. The number of benzene rings is 2. The van der Waals surface area contributed by atoms with E-state index in [1.165, 1.54) is 5.56 Å². The quantitative estimate of drug-likeness (QED) is 0.481. The molecule has 1 aliphatic heterocycles. The minimum absolute atomic E-state index is 0.0294. The Hall–Kier alpha value is -2.53. The lowest BCUT2D eigenvalue weighted by molar-refractivity contribution is -0.137. The Morgan fingerprint density at radius 1 is 1.19 bits per heavy atom. The molecule has 0 bridgehead atoms. The van der Waals surface area contributed by atoms with E-state index in [-0.39, 0.29) is 18.4 Å². The van der Waals surface area contributed by atoms with Crippen LogP contribution in [0.5, 0.6) is 0 Å². The van der Waals surface area contributed by atoms with Crippen molar-refractivity contribution in [1.82, 2.24) is 0 Å². The molecule has 0 amide bonds. The summed E-state index contributed by atoms with van der Waals surface area (Å²) in [4.78, 5) is 13.7. The highest BCUT2D eigenvalue weighted by molar-refractivity contribution is 5.77. The Morgan fingerprint density at radius 2 is 1.90 bits per heavy atom. The largest absolute Gasteiger partial charge is 0.481 e. The summed E-state index contributed by atoms with van der Waals surface area (Å²) in [5.74, 6) is -0.805. The first kappa shape index (κ1) is 23.1. The Morgan fingerprint density at radius 3 is 2.48 bits per heavy atom. The molecule has 2 atom stereocenters. The first-order valence-corrected chi connectivity index (χ1v) is 11.4. The Kier molecular flexibility index (Phi) is 7.26. The molecule has 1 saturated heterocycles. The average molecular weight is 425 g/mol. The molecule has 168 valence electrons. The number of carboxylic acids is 1. The van der Waals surface area contributed by atoms with Crippen LogP contribution >= 0.6 is 0 Å². The van der Waals surface area contributed by atoms with Gasteiger partial charge in [-0.25, -0.2) is 0 Å². The Bertz CT molecular complexity index is 887. The lowest BCUT2D eigenvalue weighted by atomic mass is 9.91. The summed E-state index contributed by atoms with van der Waals surface area (Å²) in [5, 5.41) is 23.6. The molecule has 3 N–H and O–H groups in total. The maximum atomic E-state index is 11.4. The summed E-state index contributed by atoms with van der Waals surface area (Å²) in [6.45, 7) is 8.82. The van der Waals surface area contributed by atoms with Crippen LogP contribution < -0.4 is 10.2 Å². The summed E-state index contributed by atoms with van der Waals surface area (Å²) < 4.78 is 0. The number of rotatable bonds is 9. The molecule has 31 heavy (non-hydrogen) atoms. The lowest BCUT2D eigenvalue weighted by Gasteiger charge is -2.36. The van der Waals surface area contributed by atoms with Gasteiger partial charge < -0.3 is 20.4 Å².